The van der Waals surface area contributed by atoms with Gasteiger partial charge in [-0.2, -0.15) is 0 Å². The maximum atomic E-state index is 12.6. The topological polar surface area (TPSA) is 35.5 Å². The van der Waals surface area contributed by atoms with Crippen LogP contribution < -0.4 is 9.47 Å². The van der Waals surface area contributed by atoms with Gasteiger partial charge in [-0.1, -0.05) is 12.1 Å². The maximum Gasteiger partial charge on any atom is 0.197 e. The molecule has 0 aliphatic rings. The van der Waals surface area contributed by atoms with E-state index in [9.17, 15) is 4.79 Å². The average Bonchev–Trinajstić information content (AvgIpc) is 2.48. The van der Waals surface area contributed by atoms with Gasteiger partial charge in [0, 0.05) is 16.1 Å². The van der Waals surface area contributed by atoms with Crippen LogP contribution >= 0.6 is 15.9 Å². The summed E-state index contributed by atoms with van der Waals surface area (Å²) in [6.07, 6.45) is 0. The molecule has 104 valence electrons. The van der Waals surface area contributed by atoms with E-state index in [1.807, 2.05) is 19.1 Å². The molecule has 2 aromatic rings. The lowest BCUT2D eigenvalue weighted by Gasteiger charge is -2.11. The van der Waals surface area contributed by atoms with Gasteiger partial charge in [0.1, 0.15) is 11.5 Å². The molecule has 0 amide bonds. The van der Waals surface area contributed by atoms with Crippen LogP contribution in [0.25, 0.3) is 0 Å². The molecule has 0 atom stereocenters. The normalized spacial score (nSPS) is 10.2. The molecule has 0 heterocycles. The minimum atomic E-state index is -0.0833. The van der Waals surface area contributed by atoms with Gasteiger partial charge in [-0.3, -0.25) is 4.79 Å². The molecule has 0 radical (unpaired) electrons. The van der Waals surface area contributed by atoms with Crippen LogP contribution in [-0.2, 0) is 0 Å². The van der Waals surface area contributed by atoms with Crippen LogP contribution in [0.15, 0.2) is 40.9 Å². The Morgan fingerprint density at radius 3 is 2.45 bits per heavy atom. The average molecular weight is 335 g/mol. The lowest BCUT2D eigenvalue weighted by Crippen LogP contribution is -2.05. The molecule has 0 saturated heterocycles. The maximum absolute atomic E-state index is 12.6. The number of aryl methyl sites for hydroxylation is 1. The Hall–Kier alpha value is -1.81. The second kappa shape index (κ2) is 6.09. The van der Waals surface area contributed by atoms with Crippen molar-refractivity contribution in [1.82, 2.24) is 0 Å². The zero-order valence-corrected chi connectivity index (χ0v) is 13.2. The number of carbonyl (C=O) groups is 1. The lowest BCUT2D eigenvalue weighted by atomic mass is 10.0. The highest BCUT2D eigenvalue weighted by Crippen LogP contribution is 2.30. The highest BCUT2D eigenvalue weighted by molar-refractivity contribution is 9.10. The zero-order chi connectivity index (χ0) is 14.7. The predicted octanol–water partition coefficient (Wildman–Crippen LogP) is 4.01. The Morgan fingerprint density at radius 2 is 1.80 bits per heavy atom. The number of benzene rings is 2. The van der Waals surface area contributed by atoms with Gasteiger partial charge in [0.15, 0.2) is 5.78 Å². The SMILES string of the molecule is COc1ccc(C(=O)c2cccc(C)c2Br)c(OC)c1. The molecule has 0 N–H and O–H groups in total. The fraction of sp³-hybridized carbons (Fsp3) is 0.188. The summed E-state index contributed by atoms with van der Waals surface area (Å²) in [7, 11) is 3.12. The summed E-state index contributed by atoms with van der Waals surface area (Å²) < 4.78 is 11.2. The van der Waals surface area contributed by atoms with Crippen molar-refractivity contribution in [3.05, 3.63) is 57.6 Å². The summed E-state index contributed by atoms with van der Waals surface area (Å²) in [5.41, 5.74) is 2.15. The number of hydrogen-bond acceptors (Lipinski definition) is 3. The zero-order valence-electron chi connectivity index (χ0n) is 11.6. The van der Waals surface area contributed by atoms with E-state index in [4.69, 9.17) is 9.47 Å². The first-order valence-electron chi connectivity index (χ1n) is 6.10. The molecule has 0 aliphatic heterocycles. The van der Waals surface area contributed by atoms with E-state index in [1.54, 1.807) is 31.4 Å². The van der Waals surface area contributed by atoms with E-state index < -0.39 is 0 Å². The van der Waals surface area contributed by atoms with Crippen molar-refractivity contribution in [3.8, 4) is 11.5 Å². The van der Waals surface area contributed by atoms with E-state index >= 15 is 0 Å². The van der Waals surface area contributed by atoms with Crippen LogP contribution in [0.1, 0.15) is 21.5 Å². The Bertz CT molecular complexity index is 650. The molecule has 0 aromatic heterocycles. The molecule has 3 nitrogen and oxygen atoms in total. The monoisotopic (exact) mass is 334 g/mol. The Balaban J connectivity index is 2.50. The first-order chi connectivity index (χ1) is 9.58. The standard InChI is InChI=1S/C16H15BrO3/c1-10-5-4-6-13(15(10)17)16(18)12-8-7-11(19-2)9-14(12)20-3/h4-9H,1-3H3. The Labute approximate surface area is 126 Å². The van der Waals surface area contributed by atoms with Crippen LogP contribution in [0.3, 0.4) is 0 Å². The van der Waals surface area contributed by atoms with Crippen molar-refractivity contribution in [2.75, 3.05) is 14.2 Å². The minimum Gasteiger partial charge on any atom is -0.497 e. The number of methoxy groups -OCH3 is 2. The lowest BCUT2D eigenvalue weighted by molar-refractivity contribution is 0.103. The van der Waals surface area contributed by atoms with Gasteiger partial charge in [-0.15, -0.1) is 0 Å². The Morgan fingerprint density at radius 1 is 1.05 bits per heavy atom. The van der Waals surface area contributed by atoms with E-state index in [0.29, 0.717) is 22.6 Å². The summed E-state index contributed by atoms with van der Waals surface area (Å²) >= 11 is 3.47. The molecule has 4 heteroatoms. The quantitative estimate of drug-likeness (QED) is 0.792. The van der Waals surface area contributed by atoms with Gasteiger partial charge in [0.25, 0.3) is 0 Å². The van der Waals surface area contributed by atoms with Crippen LogP contribution in [0, 0.1) is 6.92 Å². The summed E-state index contributed by atoms with van der Waals surface area (Å²) in [5, 5.41) is 0. The van der Waals surface area contributed by atoms with E-state index in [-0.39, 0.29) is 5.78 Å². The van der Waals surface area contributed by atoms with Crippen LogP contribution in [0.2, 0.25) is 0 Å². The molecule has 20 heavy (non-hydrogen) atoms. The second-order valence-corrected chi connectivity index (χ2v) is 5.12. The number of hydrogen-bond donors (Lipinski definition) is 0. The highest BCUT2D eigenvalue weighted by atomic mass is 79.9. The third kappa shape index (κ3) is 2.70. The largest absolute Gasteiger partial charge is 0.497 e. The van der Waals surface area contributed by atoms with Crippen molar-refractivity contribution in [2.45, 2.75) is 6.92 Å². The van der Waals surface area contributed by atoms with Crippen molar-refractivity contribution >= 4 is 21.7 Å². The summed E-state index contributed by atoms with van der Waals surface area (Å²) in [6, 6.07) is 10.8. The fourth-order valence-electron chi connectivity index (χ4n) is 1.95. The van der Waals surface area contributed by atoms with Crippen molar-refractivity contribution < 1.29 is 14.3 Å². The third-order valence-corrected chi connectivity index (χ3v) is 4.14. The van der Waals surface area contributed by atoms with Gasteiger partial charge in [0.2, 0.25) is 0 Å². The van der Waals surface area contributed by atoms with Crippen LogP contribution in [-0.4, -0.2) is 20.0 Å². The first kappa shape index (κ1) is 14.6. The van der Waals surface area contributed by atoms with Crippen LogP contribution in [0.4, 0.5) is 0 Å². The Kier molecular flexibility index (Phi) is 4.45. The highest BCUT2D eigenvalue weighted by Gasteiger charge is 2.18. The van der Waals surface area contributed by atoms with Gasteiger partial charge >= 0.3 is 0 Å². The van der Waals surface area contributed by atoms with Gasteiger partial charge in [-0.25, -0.2) is 0 Å². The molecule has 0 spiro atoms. The van der Waals surface area contributed by atoms with Crippen molar-refractivity contribution in [1.29, 1.82) is 0 Å². The van der Waals surface area contributed by atoms with Crippen molar-refractivity contribution in [3.63, 3.8) is 0 Å². The summed E-state index contributed by atoms with van der Waals surface area (Å²) in [6.45, 7) is 1.95. The number of halogens is 1. The molecule has 2 aromatic carbocycles. The molecule has 0 bridgehead atoms. The number of rotatable bonds is 4. The summed E-state index contributed by atoms with van der Waals surface area (Å²) in [5.74, 6) is 1.07. The first-order valence-corrected chi connectivity index (χ1v) is 6.89. The minimum absolute atomic E-state index is 0.0833. The molecule has 0 fully saturated rings. The van der Waals surface area contributed by atoms with Gasteiger partial charge < -0.3 is 9.47 Å². The fourth-order valence-corrected chi connectivity index (χ4v) is 2.40. The smallest absolute Gasteiger partial charge is 0.197 e. The molecule has 0 saturated carbocycles. The third-order valence-electron chi connectivity index (χ3n) is 3.09. The van der Waals surface area contributed by atoms with E-state index in [1.165, 1.54) is 7.11 Å². The second-order valence-electron chi connectivity index (χ2n) is 4.33. The molecule has 0 aliphatic carbocycles. The number of ketones is 1. The molecular weight excluding hydrogens is 320 g/mol. The molecular formula is C16H15BrO3. The van der Waals surface area contributed by atoms with E-state index in [0.717, 1.165) is 10.0 Å². The van der Waals surface area contributed by atoms with Crippen LogP contribution in [0.5, 0.6) is 11.5 Å². The number of carbonyl (C=O) groups excluding carboxylic acids is 1. The van der Waals surface area contributed by atoms with Crippen molar-refractivity contribution in [2.24, 2.45) is 0 Å². The number of ether oxygens (including phenoxy) is 2. The summed E-state index contributed by atoms with van der Waals surface area (Å²) in [4.78, 5) is 12.6. The van der Waals surface area contributed by atoms with E-state index in [2.05, 4.69) is 15.9 Å². The molecule has 2 rings (SSSR count). The predicted molar refractivity (Wildman–Crippen MR) is 81.9 cm³/mol. The molecule has 0 unspecified atom stereocenters. The van der Waals surface area contributed by atoms with Gasteiger partial charge in [0.05, 0.1) is 19.8 Å². The van der Waals surface area contributed by atoms with Gasteiger partial charge in [-0.05, 0) is 46.6 Å².